The van der Waals surface area contributed by atoms with Crippen molar-refractivity contribution in [3.05, 3.63) is 70.6 Å². The number of nitrogens with zero attached hydrogens (tertiary/aromatic N) is 5. The van der Waals surface area contributed by atoms with Crippen LogP contribution >= 0.6 is 0 Å². The summed E-state index contributed by atoms with van der Waals surface area (Å²) < 4.78 is 14.1. The van der Waals surface area contributed by atoms with Crippen molar-refractivity contribution in [2.45, 2.75) is 148 Å². The van der Waals surface area contributed by atoms with Crippen LogP contribution in [0.2, 0.25) is 0 Å². The lowest BCUT2D eigenvalue weighted by Crippen LogP contribution is -2.33. The Labute approximate surface area is 275 Å². The maximum atomic E-state index is 8.27. The van der Waals surface area contributed by atoms with Crippen LogP contribution in [0.5, 0.6) is 0 Å². The van der Waals surface area contributed by atoms with Crippen LogP contribution in [0.25, 0.3) is 10.4 Å². The molecule has 0 saturated heterocycles. The number of hydrogen-bond donors (Lipinski definition) is 0. The third-order valence-electron chi connectivity index (χ3n) is 8.47. The zero-order valence-electron chi connectivity index (χ0n) is 28.5. The molecule has 2 aromatic rings. The molecule has 45 heavy (non-hydrogen) atoms. The van der Waals surface area contributed by atoms with Crippen LogP contribution < -0.4 is 4.57 Å². The fourth-order valence-corrected chi connectivity index (χ4v) is 5.77. The van der Waals surface area contributed by atoms with E-state index in [4.69, 9.17) is 15.0 Å². The molecule has 0 radical (unpaired) electrons. The van der Waals surface area contributed by atoms with Gasteiger partial charge in [0.05, 0.1) is 0 Å². The van der Waals surface area contributed by atoms with E-state index in [1.165, 1.54) is 120 Å². The van der Waals surface area contributed by atoms with Crippen molar-refractivity contribution in [2.75, 3.05) is 33.0 Å². The molecule has 0 aliphatic heterocycles. The molecule has 7 nitrogen and oxygen atoms in total. The lowest BCUT2D eigenvalue weighted by molar-refractivity contribution is -0.697. The third-order valence-corrected chi connectivity index (χ3v) is 8.47. The van der Waals surface area contributed by atoms with Crippen molar-refractivity contribution in [3.8, 4) is 0 Å². The Kier molecular flexibility index (Phi) is 26.0. The summed E-state index contributed by atoms with van der Waals surface area (Å²) in [6, 6.07) is 8.60. The zero-order chi connectivity index (χ0) is 31.7. The van der Waals surface area contributed by atoms with E-state index in [0.717, 1.165) is 65.1 Å². The smallest absolute Gasteiger partial charge is 0.171 e. The molecule has 2 rings (SSSR count). The number of aryl methyl sites for hydroxylation is 3. The molecule has 252 valence electrons. The lowest BCUT2D eigenvalue weighted by Gasteiger charge is -2.05. The summed E-state index contributed by atoms with van der Waals surface area (Å²) in [5.74, 6) is 0. The van der Waals surface area contributed by atoms with Crippen LogP contribution in [0.15, 0.2) is 54.2 Å². The van der Waals surface area contributed by atoms with Gasteiger partial charge in [-0.2, -0.15) is 0 Å². The maximum absolute atomic E-state index is 8.27. The van der Waals surface area contributed by atoms with E-state index >= 15 is 0 Å². The van der Waals surface area contributed by atoms with Crippen LogP contribution in [-0.4, -0.2) is 38.0 Å². The SMILES string of the molecule is [N-]=[N+]=NCCCCCCCCCCOCCCc1ccc[n+](CCCCCCCCCCCCOCCCc2cccnc2)c1. The number of hydrogen-bond acceptors (Lipinski definition) is 4. The Hall–Kier alpha value is -2.47. The molecule has 0 saturated carbocycles. The Balaban J connectivity index is 1.29. The minimum absolute atomic E-state index is 0.646. The molecule has 2 aromatic heterocycles. The monoisotopic (exact) mass is 623 g/mol. The van der Waals surface area contributed by atoms with E-state index < -0.39 is 0 Å². The van der Waals surface area contributed by atoms with Crippen LogP contribution in [0, 0.1) is 0 Å². The van der Waals surface area contributed by atoms with Crippen LogP contribution in [0.1, 0.15) is 140 Å². The van der Waals surface area contributed by atoms with Gasteiger partial charge in [-0.05, 0) is 74.6 Å². The van der Waals surface area contributed by atoms with Gasteiger partial charge < -0.3 is 9.47 Å². The second-order valence-corrected chi connectivity index (χ2v) is 12.6. The van der Waals surface area contributed by atoms with Gasteiger partial charge in [0.1, 0.15) is 6.54 Å². The van der Waals surface area contributed by atoms with Gasteiger partial charge in [-0.25, -0.2) is 4.57 Å². The zero-order valence-corrected chi connectivity index (χ0v) is 28.5. The van der Waals surface area contributed by atoms with Crippen molar-refractivity contribution < 1.29 is 14.0 Å². The van der Waals surface area contributed by atoms with Gasteiger partial charge in [-0.1, -0.05) is 94.7 Å². The first-order chi connectivity index (χ1) is 22.4. The van der Waals surface area contributed by atoms with Gasteiger partial charge in [0.15, 0.2) is 12.4 Å². The average molecular weight is 623 g/mol. The van der Waals surface area contributed by atoms with E-state index in [1.807, 2.05) is 18.5 Å². The fraction of sp³-hybridized carbons (Fsp3) is 0.737. The highest BCUT2D eigenvalue weighted by atomic mass is 16.5. The lowest BCUT2D eigenvalue weighted by atomic mass is 10.1. The number of ether oxygens (including phenoxy) is 2. The first kappa shape index (κ1) is 38.7. The molecule has 0 aromatic carbocycles. The first-order valence-electron chi connectivity index (χ1n) is 18.4. The maximum Gasteiger partial charge on any atom is 0.171 e. The van der Waals surface area contributed by atoms with Crippen LogP contribution in [0.4, 0.5) is 0 Å². The summed E-state index contributed by atoms with van der Waals surface area (Å²) >= 11 is 0. The number of aromatic nitrogens is 2. The van der Waals surface area contributed by atoms with Crippen LogP contribution in [0.3, 0.4) is 0 Å². The van der Waals surface area contributed by atoms with Gasteiger partial charge in [0, 0.05) is 68.3 Å². The molecule has 0 N–H and O–H groups in total. The van der Waals surface area contributed by atoms with Gasteiger partial charge in [0.25, 0.3) is 0 Å². The van der Waals surface area contributed by atoms with Crippen molar-refractivity contribution in [1.29, 1.82) is 0 Å². The average Bonchev–Trinajstić information content (AvgIpc) is 3.07. The summed E-state index contributed by atoms with van der Waals surface area (Å²) in [6.45, 7) is 5.31. The van der Waals surface area contributed by atoms with Gasteiger partial charge in [0.2, 0.25) is 0 Å². The minimum Gasteiger partial charge on any atom is -0.381 e. The van der Waals surface area contributed by atoms with E-state index in [9.17, 15) is 0 Å². The molecule has 0 amide bonds. The largest absolute Gasteiger partial charge is 0.381 e. The fourth-order valence-electron chi connectivity index (χ4n) is 5.77. The molecule has 0 unspecified atom stereocenters. The Morgan fingerprint density at radius 3 is 1.69 bits per heavy atom. The van der Waals surface area contributed by atoms with Crippen molar-refractivity contribution in [3.63, 3.8) is 0 Å². The third kappa shape index (κ3) is 24.4. The molecule has 0 aliphatic rings. The second-order valence-electron chi connectivity index (χ2n) is 12.6. The standard InChI is InChI=1S/C38H64N5O2/c39-42-41-28-15-11-7-3-6-10-14-18-32-45-34-22-26-38-24-20-30-43(36-38)29-16-12-8-4-1-2-5-9-13-17-31-44-33-21-25-37-23-19-27-40-35-37/h19-20,23-24,27,30,35-36H,1-18,21-22,25-26,28-29,31-34H2/q+1. The van der Waals surface area contributed by atoms with E-state index in [2.05, 4.69) is 50.2 Å². The van der Waals surface area contributed by atoms with Gasteiger partial charge >= 0.3 is 0 Å². The predicted molar refractivity (Wildman–Crippen MR) is 186 cm³/mol. The van der Waals surface area contributed by atoms with Gasteiger partial charge in [-0.15, -0.1) is 0 Å². The highest BCUT2D eigenvalue weighted by Crippen LogP contribution is 2.12. The van der Waals surface area contributed by atoms with Crippen molar-refractivity contribution >= 4 is 0 Å². The molecule has 0 aliphatic carbocycles. The summed E-state index contributed by atoms with van der Waals surface area (Å²) in [5.41, 5.74) is 11.0. The molecule has 0 fully saturated rings. The van der Waals surface area contributed by atoms with E-state index in [1.54, 1.807) is 0 Å². The first-order valence-corrected chi connectivity index (χ1v) is 18.4. The molecule has 0 atom stereocenters. The molecule has 2 heterocycles. The van der Waals surface area contributed by atoms with Crippen LogP contribution in [-0.2, 0) is 28.9 Å². The molecular formula is C38H64N5O2+. The summed E-state index contributed by atoms with van der Waals surface area (Å²) in [5, 5.41) is 3.58. The van der Waals surface area contributed by atoms with E-state index in [0.29, 0.717) is 6.54 Å². The summed E-state index contributed by atoms with van der Waals surface area (Å²) in [6.07, 6.45) is 35.8. The Morgan fingerprint density at radius 2 is 1.11 bits per heavy atom. The van der Waals surface area contributed by atoms with Crippen molar-refractivity contribution in [1.82, 2.24) is 4.98 Å². The number of rotatable bonds is 32. The number of unbranched alkanes of at least 4 members (excludes halogenated alkanes) is 16. The van der Waals surface area contributed by atoms with E-state index in [-0.39, 0.29) is 0 Å². The molecule has 7 heteroatoms. The minimum atomic E-state index is 0.646. The summed E-state index contributed by atoms with van der Waals surface area (Å²) in [4.78, 5) is 6.96. The molecule has 0 spiro atoms. The number of pyridine rings is 2. The Bertz CT molecular complexity index is 968. The quantitative estimate of drug-likeness (QED) is 0.0267. The number of azide groups is 1. The second kappa shape index (κ2) is 30.2. The normalized spacial score (nSPS) is 11.1. The molecular weight excluding hydrogens is 558 g/mol. The highest BCUT2D eigenvalue weighted by molar-refractivity contribution is 5.08. The predicted octanol–water partition coefficient (Wildman–Crippen LogP) is 10.3. The molecule has 0 bridgehead atoms. The van der Waals surface area contributed by atoms with Gasteiger partial charge in [-0.3, -0.25) is 4.98 Å². The summed E-state index contributed by atoms with van der Waals surface area (Å²) in [7, 11) is 0. The highest BCUT2D eigenvalue weighted by Gasteiger charge is 2.04. The van der Waals surface area contributed by atoms with Crippen molar-refractivity contribution in [2.24, 2.45) is 5.11 Å². The Morgan fingerprint density at radius 1 is 0.600 bits per heavy atom. The topological polar surface area (TPSA) is 84.0 Å².